The van der Waals surface area contributed by atoms with Gasteiger partial charge in [0, 0.05) is 55.1 Å². The topological polar surface area (TPSA) is 176 Å². The molecule has 2 amide bonds. The number of nitrogens with zero attached hydrogens (tertiary/aromatic N) is 5. The second-order valence-corrected chi connectivity index (χ2v) is 10.9. The van der Waals surface area contributed by atoms with Crippen molar-refractivity contribution in [1.82, 2.24) is 20.3 Å². The standard InChI is InChI=1S/C30H35N7O6/c1-20(5-2-3-15-35-19-23(13-16-38)33-34-35)30(41)25-17-24(37(42)43)11-12-27(25)36(29(30)40)18-21-7-9-22(10-8-21)32-28(39)26-6-4-14-31-26/h2,5,7-12,17,19-20,26,31,38,41H,3-4,6,13-16,18H2,1H3,(H,32,39)/b5-2+/t20-,26-,30+/m1/s1. The van der Waals surface area contributed by atoms with Gasteiger partial charge in [-0.1, -0.05) is 36.4 Å². The molecule has 4 N–H and O–H groups in total. The van der Waals surface area contributed by atoms with Crippen LogP contribution in [0.15, 0.2) is 60.8 Å². The van der Waals surface area contributed by atoms with Gasteiger partial charge < -0.3 is 25.7 Å². The van der Waals surface area contributed by atoms with E-state index in [1.54, 1.807) is 48.1 Å². The Labute approximate surface area is 248 Å². The van der Waals surface area contributed by atoms with E-state index in [4.69, 9.17) is 5.11 Å². The third-order valence-electron chi connectivity index (χ3n) is 7.97. The SMILES string of the molecule is C[C@H](/C=C/CCn1cc(CCO)nn1)[C@@]1(O)C(=O)N(Cc2ccc(NC(=O)[C@H]3CCCN3)cc2)c2ccc([N+](=O)[O-])cc21. The average molecular weight is 590 g/mol. The van der Waals surface area contributed by atoms with Crippen LogP contribution in [0.2, 0.25) is 0 Å². The largest absolute Gasteiger partial charge is 0.396 e. The molecule has 2 aliphatic heterocycles. The monoisotopic (exact) mass is 589 g/mol. The maximum absolute atomic E-state index is 13.9. The number of aryl methyl sites for hydroxylation is 1. The lowest BCUT2D eigenvalue weighted by Crippen LogP contribution is -2.44. The number of fused-ring (bicyclic) bond motifs is 1. The van der Waals surface area contributed by atoms with E-state index in [1.807, 2.05) is 6.08 Å². The van der Waals surface area contributed by atoms with E-state index in [0.29, 0.717) is 36.5 Å². The number of amides is 2. The number of allylic oxidation sites excluding steroid dienone is 1. The maximum Gasteiger partial charge on any atom is 0.269 e. The fraction of sp³-hybridized carbons (Fsp3) is 0.400. The van der Waals surface area contributed by atoms with E-state index in [9.17, 15) is 24.8 Å². The molecule has 3 atom stereocenters. The third-order valence-corrected chi connectivity index (χ3v) is 7.97. The zero-order valence-corrected chi connectivity index (χ0v) is 23.8. The summed E-state index contributed by atoms with van der Waals surface area (Å²) < 4.78 is 1.65. The van der Waals surface area contributed by atoms with E-state index in [2.05, 4.69) is 20.9 Å². The van der Waals surface area contributed by atoms with Gasteiger partial charge in [0.05, 0.1) is 28.9 Å². The second-order valence-electron chi connectivity index (χ2n) is 10.9. The van der Waals surface area contributed by atoms with Gasteiger partial charge in [0.25, 0.3) is 11.6 Å². The molecule has 1 aromatic heterocycles. The van der Waals surface area contributed by atoms with Gasteiger partial charge in [-0.3, -0.25) is 24.4 Å². The molecule has 2 aliphatic rings. The lowest BCUT2D eigenvalue weighted by atomic mass is 9.82. The summed E-state index contributed by atoms with van der Waals surface area (Å²) in [6, 6.07) is 11.0. The number of hydrogen-bond acceptors (Lipinski definition) is 9. The van der Waals surface area contributed by atoms with Gasteiger partial charge in [0.15, 0.2) is 5.60 Å². The minimum Gasteiger partial charge on any atom is -0.396 e. The molecular weight excluding hydrogens is 554 g/mol. The van der Waals surface area contributed by atoms with Crippen LogP contribution in [0.1, 0.15) is 43.0 Å². The summed E-state index contributed by atoms with van der Waals surface area (Å²) in [5, 5.41) is 46.6. The lowest BCUT2D eigenvalue weighted by Gasteiger charge is -2.27. The molecular formula is C30H35N7O6. The number of aliphatic hydroxyl groups excluding tert-OH is 1. The summed E-state index contributed by atoms with van der Waals surface area (Å²) >= 11 is 0. The van der Waals surface area contributed by atoms with Crippen LogP contribution >= 0.6 is 0 Å². The van der Waals surface area contributed by atoms with Crippen molar-refractivity contribution in [3.63, 3.8) is 0 Å². The molecule has 3 heterocycles. The van der Waals surface area contributed by atoms with Gasteiger partial charge in [-0.15, -0.1) is 5.10 Å². The predicted octanol–water partition coefficient (Wildman–Crippen LogP) is 2.43. The van der Waals surface area contributed by atoms with Crippen LogP contribution in [0.25, 0.3) is 0 Å². The van der Waals surface area contributed by atoms with Gasteiger partial charge in [-0.25, -0.2) is 0 Å². The first-order chi connectivity index (χ1) is 20.7. The van der Waals surface area contributed by atoms with E-state index in [0.717, 1.165) is 24.9 Å². The minimum atomic E-state index is -2.01. The molecule has 0 unspecified atom stereocenters. The Balaban J connectivity index is 1.32. The van der Waals surface area contributed by atoms with Crippen LogP contribution in [-0.2, 0) is 34.7 Å². The number of rotatable bonds is 12. The number of anilines is 2. The van der Waals surface area contributed by atoms with Crippen molar-refractivity contribution in [2.45, 2.75) is 57.3 Å². The molecule has 2 aromatic carbocycles. The van der Waals surface area contributed by atoms with E-state index in [1.165, 1.54) is 23.1 Å². The lowest BCUT2D eigenvalue weighted by molar-refractivity contribution is -0.385. The molecule has 0 bridgehead atoms. The molecule has 0 spiro atoms. The number of aliphatic hydroxyl groups is 2. The Morgan fingerprint density at radius 1 is 1.30 bits per heavy atom. The number of nitrogens with one attached hydrogen (secondary N) is 2. The summed E-state index contributed by atoms with van der Waals surface area (Å²) in [4.78, 5) is 38.8. The fourth-order valence-electron chi connectivity index (χ4n) is 5.54. The normalized spacial score (nSPS) is 20.5. The number of hydrogen-bond donors (Lipinski definition) is 4. The Morgan fingerprint density at radius 2 is 2.09 bits per heavy atom. The molecule has 1 saturated heterocycles. The molecule has 13 nitrogen and oxygen atoms in total. The van der Waals surface area contributed by atoms with Crippen LogP contribution in [0, 0.1) is 16.0 Å². The summed E-state index contributed by atoms with van der Waals surface area (Å²) in [7, 11) is 0. The van der Waals surface area contributed by atoms with Crippen molar-refractivity contribution in [3.05, 3.63) is 87.7 Å². The molecule has 3 aromatic rings. The van der Waals surface area contributed by atoms with Crippen LogP contribution < -0.4 is 15.5 Å². The summed E-state index contributed by atoms with van der Waals surface area (Å²) in [5.41, 5.74) is 0.437. The molecule has 43 heavy (non-hydrogen) atoms. The number of non-ortho nitro benzene ring substituents is 1. The molecule has 226 valence electrons. The second kappa shape index (κ2) is 12.8. The highest BCUT2D eigenvalue weighted by atomic mass is 16.6. The number of nitro groups is 1. The Bertz CT molecular complexity index is 1520. The van der Waals surface area contributed by atoms with Crippen molar-refractivity contribution in [1.29, 1.82) is 0 Å². The average Bonchev–Trinajstić information content (AvgIpc) is 3.74. The molecule has 0 aliphatic carbocycles. The van der Waals surface area contributed by atoms with E-state index >= 15 is 0 Å². The Morgan fingerprint density at radius 3 is 2.79 bits per heavy atom. The third kappa shape index (κ3) is 6.33. The van der Waals surface area contributed by atoms with Crippen molar-refractivity contribution >= 4 is 28.9 Å². The van der Waals surface area contributed by atoms with Crippen LogP contribution in [0.3, 0.4) is 0 Å². The van der Waals surface area contributed by atoms with Crippen molar-refractivity contribution in [2.24, 2.45) is 5.92 Å². The highest BCUT2D eigenvalue weighted by Crippen LogP contribution is 2.47. The van der Waals surface area contributed by atoms with E-state index in [-0.39, 0.29) is 36.4 Å². The zero-order chi connectivity index (χ0) is 30.6. The first-order valence-corrected chi connectivity index (χ1v) is 14.3. The zero-order valence-electron chi connectivity index (χ0n) is 23.8. The van der Waals surface area contributed by atoms with Crippen molar-refractivity contribution in [3.8, 4) is 0 Å². The first-order valence-electron chi connectivity index (χ1n) is 14.3. The predicted molar refractivity (Wildman–Crippen MR) is 158 cm³/mol. The van der Waals surface area contributed by atoms with Gasteiger partial charge in [0.1, 0.15) is 0 Å². The smallest absolute Gasteiger partial charge is 0.269 e. The first kappa shape index (κ1) is 30.0. The number of carbonyl (C=O) groups is 2. The Kier molecular flexibility index (Phi) is 8.94. The van der Waals surface area contributed by atoms with Crippen molar-refractivity contribution in [2.75, 3.05) is 23.4 Å². The number of aromatic nitrogens is 3. The number of carbonyl (C=O) groups excluding carboxylic acids is 2. The fourth-order valence-corrected chi connectivity index (χ4v) is 5.54. The van der Waals surface area contributed by atoms with Crippen molar-refractivity contribution < 1.29 is 24.7 Å². The molecule has 5 rings (SSSR count). The summed E-state index contributed by atoms with van der Waals surface area (Å²) in [6.07, 6.45) is 8.03. The highest BCUT2D eigenvalue weighted by Gasteiger charge is 2.53. The molecule has 0 saturated carbocycles. The summed E-state index contributed by atoms with van der Waals surface area (Å²) in [5.74, 6) is -1.36. The minimum absolute atomic E-state index is 0.0127. The summed E-state index contributed by atoms with van der Waals surface area (Å²) in [6.45, 7) is 3.15. The van der Waals surface area contributed by atoms with Crippen LogP contribution in [0.4, 0.5) is 17.1 Å². The van der Waals surface area contributed by atoms with Gasteiger partial charge in [0.2, 0.25) is 5.91 Å². The number of nitro benzene ring substituents is 1. The van der Waals surface area contributed by atoms with Crippen LogP contribution in [-0.4, -0.2) is 61.1 Å². The van der Waals surface area contributed by atoms with Gasteiger partial charge in [-0.2, -0.15) is 0 Å². The highest BCUT2D eigenvalue weighted by molar-refractivity contribution is 6.07. The molecule has 13 heteroatoms. The number of benzene rings is 2. The molecule has 1 fully saturated rings. The molecule has 0 radical (unpaired) electrons. The quantitative estimate of drug-likeness (QED) is 0.140. The maximum atomic E-state index is 13.9. The van der Waals surface area contributed by atoms with Gasteiger partial charge >= 0.3 is 0 Å². The van der Waals surface area contributed by atoms with Gasteiger partial charge in [-0.05, 0) is 49.6 Å². The Hall–Kier alpha value is -4.46. The van der Waals surface area contributed by atoms with Crippen LogP contribution in [0.5, 0.6) is 0 Å². The van der Waals surface area contributed by atoms with E-state index < -0.39 is 22.3 Å².